The number of benzene rings is 1. The number of fused-ring (bicyclic) bond motifs is 1. The van der Waals surface area contributed by atoms with E-state index < -0.39 is 5.60 Å². The minimum absolute atomic E-state index is 0.0492. The highest BCUT2D eigenvalue weighted by atomic mass is 16.5. The molecule has 2 unspecified atom stereocenters. The van der Waals surface area contributed by atoms with Crippen molar-refractivity contribution in [3.05, 3.63) is 23.8 Å². The number of rotatable bonds is 5. The molecule has 0 bridgehead atoms. The first-order chi connectivity index (χ1) is 12.5. The van der Waals surface area contributed by atoms with E-state index in [1.54, 1.807) is 14.2 Å². The Labute approximate surface area is 156 Å². The maximum absolute atomic E-state index is 12.9. The van der Waals surface area contributed by atoms with Crippen LogP contribution in [0.15, 0.2) is 18.2 Å². The van der Waals surface area contributed by atoms with Crippen LogP contribution in [0.3, 0.4) is 0 Å². The topological polar surface area (TPSA) is 59.0 Å². The van der Waals surface area contributed by atoms with Crippen LogP contribution in [0.2, 0.25) is 0 Å². The first-order valence-electron chi connectivity index (χ1n) is 9.78. The Morgan fingerprint density at radius 2 is 2.08 bits per heavy atom. The quantitative estimate of drug-likeness (QED) is 0.869. The Bertz CT molecular complexity index is 647. The summed E-state index contributed by atoms with van der Waals surface area (Å²) < 4.78 is 11.0. The average Bonchev–Trinajstić information content (AvgIpc) is 2.66. The standard InChI is InChI=1S/C21H31NO4/c1-4-7-19(23)22-13-12-21(24)11-6-5-8-17(21)20(22)16-10-9-15(25-2)14-18(16)26-3/h9-10,14,17,20,24H,4-8,11-13H2,1-3H3/t17?,20-,21?/m0/s1. The molecule has 26 heavy (non-hydrogen) atoms. The van der Waals surface area contributed by atoms with E-state index in [9.17, 15) is 9.90 Å². The van der Waals surface area contributed by atoms with Gasteiger partial charge in [0.25, 0.3) is 0 Å². The predicted molar refractivity (Wildman–Crippen MR) is 100 cm³/mol. The lowest BCUT2D eigenvalue weighted by Gasteiger charge is -2.52. The van der Waals surface area contributed by atoms with Crippen molar-refractivity contribution >= 4 is 5.91 Å². The fraction of sp³-hybridized carbons (Fsp3) is 0.667. The van der Waals surface area contributed by atoms with Crippen LogP contribution in [0.25, 0.3) is 0 Å². The molecule has 2 aliphatic rings. The molecular formula is C21H31NO4. The minimum Gasteiger partial charge on any atom is -0.497 e. The van der Waals surface area contributed by atoms with E-state index in [2.05, 4.69) is 0 Å². The number of amides is 1. The number of carbonyl (C=O) groups excluding carboxylic acids is 1. The molecule has 2 fully saturated rings. The number of aliphatic hydroxyl groups is 1. The second-order valence-corrected chi connectivity index (χ2v) is 7.60. The Morgan fingerprint density at radius 3 is 2.77 bits per heavy atom. The first kappa shape index (κ1) is 19.0. The molecule has 1 aliphatic heterocycles. The molecule has 1 saturated carbocycles. The maximum Gasteiger partial charge on any atom is 0.223 e. The van der Waals surface area contributed by atoms with Crippen LogP contribution in [-0.4, -0.2) is 42.3 Å². The monoisotopic (exact) mass is 361 g/mol. The highest BCUT2D eigenvalue weighted by Crippen LogP contribution is 2.51. The lowest BCUT2D eigenvalue weighted by molar-refractivity contribution is -0.155. The van der Waals surface area contributed by atoms with Crippen LogP contribution in [0.5, 0.6) is 11.5 Å². The van der Waals surface area contributed by atoms with E-state index in [0.717, 1.165) is 49.2 Å². The number of carbonyl (C=O) groups is 1. The normalized spacial score (nSPS) is 28.4. The Morgan fingerprint density at radius 1 is 1.27 bits per heavy atom. The largest absolute Gasteiger partial charge is 0.497 e. The van der Waals surface area contributed by atoms with Crippen molar-refractivity contribution in [3.8, 4) is 11.5 Å². The lowest BCUT2D eigenvalue weighted by Crippen LogP contribution is -2.56. The maximum atomic E-state index is 12.9. The van der Waals surface area contributed by atoms with Crippen LogP contribution in [0.4, 0.5) is 0 Å². The van der Waals surface area contributed by atoms with Gasteiger partial charge in [0, 0.05) is 30.5 Å². The smallest absolute Gasteiger partial charge is 0.223 e. The van der Waals surface area contributed by atoms with E-state index in [0.29, 0.717) is 19.4 Å². The molecule has 1 amide bonds. The van der Waals surface area contributed by atoms with Gasteiger partial charge in [-0.15, -0.1) is 0 Å². The summed E-state index contributed by atoms with van der Waals surface area (Å²) in [4.78, 5) is 14.8. The van der Waals surface area contributed by atoms with Crippen molar-refractivity contribution in [2.24, 2.45) is 5.92 Å². The van der Waals surface area contributed by atoms with Gasteiger partial charge in [0.05, 0.1) is 25.9 Å². The summed E-state index contributed by atoms with van der Waals surface area (Å²) in [7, 11) is 3.28. The van der Waals surface area contributed by atoms with Gasteiger partial charge in [-0.3, -0.25) is 4.79 Å². The van der Waals surface area contributed by atoms with E-state index in [-0.39, 0.29) is 17.9 Å². The molecule has 3 rings (SSSR count). The number of ether oxygens (including phenoxy) is 2. The zero-order valence-corrected chi connectivity index (χ0v) is 16.2. The summed E-state index contributed by atoms with van der Waals surface area (Å²) in [5.74, 6) is 1.67. The van der Waals surface area contributed by atoms with Crippen LogP contribution in [0.1, 0.15) is 63.5 Å². The molecule has 0 radical (unpaired) electrons. The summed E-state index contributed by atoms with van der Waals surface area (Å²) in [5.41, 5.74) is 0.291. The number of nitrogens with zero attached hydrogens (tertiary/aromatic N) is 1. The van der Waals surface area contributed by atoms with Crippen molar-refractivity contribution in [1.29, 1.82) is 0 Å². The number of hydrogen-bond donors (Lipinski definition) is 1. The number of piperidine rings is 1. The van der Waals surface area contributed by atoms with Gasteiger partial charge in [0.1, 0.15) is 11.5 Å². The molecule has 1 aliphatic carbocycles. The third-order valence-corrected chi connectivity index (χ3v) is 6.11. The Hall–Kier alpha value is -1.75. The zero-order chi connectivity index (χ0) is 18.7. The van der Waals surface area contributed by atoms with Gasteiger partial charge in [-0.1, -0.05) is 19.8 Å². The molecular weight excluding hydrogens is 330 g/mol. The molecule has 1 aromatic carbocycles. The SMILES string of the molecule is CCCC(=O)N1CCC2(O)CCCCC2[C@@H]1c1ccc(OC)cc1OC. The molecule has 5 nitrogen and oxygen atoms in total. The van der Waals surface area contributed by atoms with Crippen molar-refractivity contribution in [3.63, 3.8) is 0 Å². The van der Waals surface area contributed by atoms with Crippen molar-refractivity contribution in [1.82, 2.24) is 4.90 Å². The van der Waals surface area contributed by atoms with Crippen LogP contribution < -0.4 is 9.47 Å². The molecule has 5 heteroatoms. The lowest BCUT2D eigenvalue weighted by atomic mass is 9.66. The van der Waals surface area contributed by atoms with Crippen LogP contribution in [0, 0.1) is 5.92 Å². The summed E-state index contributed by atoms with van der Waals surface area (Å²) >= 11 is 0. The van der Waals surface area contributed by atoms with Crippen molar-refractivity contribution < 1.29 is 19.4 Å². The highest BCUT2D eigenvalue weighted by Gasteiger charge is 2.50. The van der Waals surface area contributed by atoms with E-state index >= 15 is 0 Å². The average molecular weight is 361 g/mol. The van der Waals surface area contributed by atoms with E-state index in [4.69, 9.17) is 9.47 Å². The molecule has 3 atom stereocenters. The number of likely N-dealkylation sites (tertiary alicyclic amines) is 1. The van der Waals surface area contributed by atoms with Gasteiger partial charge in [-0.25, -0.2) is 0 Å². The Balaban J connectivity index is 2.05. The first-order valence-corrected chi connectivity index (χ1v) is 9.78. The minimum atomic E-state index is -0.684. The summed E-state index contributed by atoms with van der Waals surface area (Å²) in [6.45, 7) is 2.63. The molecule has 1 saturated heterocycles. The number of hydrogen-bond acceptors (Lipinski definition) is 4. The fourth-order valence-corrected chi connectivity index (χ4v) is 4.77. The van der Waals surface area contributed by atoms with Crippen LogP contribution in [-0.2, 0) is 4.79 Å². The Kier molecular flexibility index (Phi) is 5.76. The predicted octanol–water partition coefficient (Wildman–Crippen LogP) is 3.70. The van der Waals surface area contributed by atoms with Crippen molar-refractivity contribution in [2.45, 2.75) is 63.5 Å². The van der Waals surface area contributed by atoms with Gasteiger partial charge in [-0.05, 0) is 37.8 Å². The molecule has 1 heterocycles. The summed E-state index contributed by atoms with van der Waals surface area (Å²) in [6, 6.07) is 5.63. The zero-order valence-electron chi connectivity index (χ0n) is 16.2. The molecule has 0 spiro atoms. The van der Waals surface area contributed by atoms with E-state index in [1.807, 2.05) is 30.0 Å². The molecule has 144 valence electrons. The molecule has 1 aromatic rings. The van der Waals surface area contributed by atoms with Gasteiger partial charge in [-0.2, -0.15) is 0 Å². The summed E-state index contributed by atoms with van der Waals surface area (Å²) in [5, 5.41) is 11.3. The molecule has 1 N–H and O–H groups in total. The van der Waals surface area contributed by atoms with Gasteiger partial charge in [0.15, 0.2) is 0 Å². The van der Waals surface area contributed by atoms with Crippen molar-refractivity contribution in [2.75, 3.05) is 20.8 Å². The fourth-order valence-electron chi connectivity index (χ4n) is 4.77. The van der Waals surface area contributed by atoms with Gasteiger partial charge >= 0.3 is 0 Å². The van der Waals surface area contributed by atoms with Crippen LogP contribution >= 0.6 is 0 Å². The number of methoxy groups -OCH3 is 2. The second-order valence-electron chi connectivity index (χ2n) is 7.60. The van der Waals surface area contributed by atoms with Gasteiger partial charge < -0.3 is 19.5 Å². The van der Waals surface area contributed by atoms with Gasteiger partial charge in [0.2, 0.25) is 5.91 Å². The summed E-state index contributed by atoms with van der Waals surface area (Å²) in [6.07, 6.45) is 5.95. The second kappa shape index (κ2) is 7.87. The third-order valence-electron chi connectivity index (χ3n) is 6.11. The highest BCUT2D eigenvalue weighted by molar-refractivity contribution is 5.77. The van der Waals surface area contributed by atoms with E-state index in [1.165, 1.54) is 0 Å². The molecule has 0 aromatic heterocycles. The third kappa shape index (κ3) is 3.41.